The van der Waals surface area contributed by atoms with E-state index in [4.69, 9.17) is 11.6 Å². The second kappa shape index (κ2) is 3.87. The first-order valence-corrected chi connectivity index (χ1v) is 4.02. The lowest BCUT2D eigenvalue weighted by Gasteiger charge is -2.07. The molecule has 0 aliphatic heterocycles. The Balaban J connectivity index is 3.26. The summed E-state index contributed by atoms with van der Waals surface area (Å²) < 4.78 is 38.5. The molecule has 0 saturated carbocycles. The first kappa shape index (κ1) is 10.2. The lowest BCUT2D eigenvalue weighted by atomic mass is 10.2. The smallest absolute Gasteiger partial charge is 0.170 e. The van der Waals surface area contributed by atoms with E-state index in [0.29, 0.717) is 12.6 Å². The van der Waals surface area contributed by atoms with Gasteiger partial charge in [0.2, 0.25) is 0 Å². The lowest BCUT2D eigenvalue weighted by Crippen LogP contribution is -2.03. The van der Waals surface area contributed by atoms with Crippen LogP contribution in [0.25, 0.3) is 0 Å². The second-order valence-corrected chi connectivity index (χ2v) is 2.75. The molecule has 72 valence electrons. The third-order valence-corrected chi connectivity index (χ3v) is 1.81. The summed E-state index contributed by atoms with van der Waals surface area (Å²) in [6.07, 6.45) is 0. The van der Waals surface area contributed by atoms with Gasteiger partial charge in [-0.15, -0.1) is 0 Å². The molecule has 0 heterocycles. The van der Waals surface area contributed by atoms with Crippen molar-refractivity contribution in [1.82, 2.24) is 0 Å². The van der Waals surface area contributed by atoms with Gasteiger partial charge in [0.1, 0.15) is 16.5 Å². The summed E-state index contributed by atoms with van der Waals surface area (Å²) in [5.41, 5.74) is -0.395. The van der Waals surface area contributed by atoms with E-state index >= 15 is 0 Å². The van der Waals surface area contributed by atoms with Crippen LogP contribution < -0.4 is 5.32 Å². The van der Waals surface area contributed by atoms with Crippen molar-refractivity contribution in [3.8, 4) is 0 Å². The molecule has 0 spiro atoms. The number of benzene rings is 1. The standard InChI is InChI=1S/C8H7ClF3N/c1-2-13-8-5(11)3-4(10)6(9)7(8)12/h3,13H,2H2,1H3. The van der Waals surface area contributed by atoms with Gasteiger partial charge in [0.15, 0.2) is 11.6 Å². The van der Waals surface area contributed by atoms with Gasteiger partial charge < -0.3 is 5.32 Å². The molecule has 0 bridgehead atoms. The summed E-state index contributed by atoms with van der Waals surface area (Å²) in [6, 6.07) is 0.545. The predicted molar refractivity (Wildman–Crippen MR) is 45.5 cm³/mol. The Kier molecular flexibility index (Phi) is 3.03. The molecule has 0 aliphatic carbocycles. The van der Waals surface area contributed by atoms with Crippen molar-refractivity contribution < 1.29 is 13.2 Å². The minimum absolute atomic E-state index is 0.329. The zero-order valence-corrected chi connectivity index (χ0v) is 7.55. The molecule has 0 aliphatic rings. The highest BCUT2D eigenvalue weighted by molar-refractivity contribution is 6.31. The van der Waals surface area contributed by atoms with E-state index in [-0.39, 0.29) is 0 Å². The van der Waals surface area contributed by atoms with Gasteiger partial charge in [-0.2, -0.15) is 0 Å². The normalized spacial score (nSPS) is 10.2. The largest absolute Gasteiger partial charge is 0.381 e. The molecule has 0 saturated heterocycles. The molecule has 1 aromatic rings. The Bertz CT molecular complexity index is 328. The van der Waals surface area contributed by atoms with Crippen LogP contribution in [0.5, 0.6) is 0 Å². The molecule has 0 aromatic heterocycles. The first-order chi connectivity index (χ1) is 6.07. The van der Waals surface area contributed by atoms with Crippen molar-refractivity contribution in [2.45, 2.75) is 6.92 Å². The maximum Gasteiger partial charge on any atom is 0.170 e. The van der Waals surface area contributed by atoms with Gasteiger partial charge in [-0.25, -0.2) is 13.2 Å². The Morgan fingerprint density at radius 1 is 1.31 bits per heavy atom. The van der Waals surface area contributed by atoms with E-state index in [0.717, 1.165) is 0 Å². The average Bonchev–Trinajstić information content (AvgIpc) is 2.09. The number of anilines is 1. The highest BCUT2D eigenvalue weighted by Gasteiger charge is 2.16. The van der Waals surface area contributed by atoms with Crippen molar-refractivity contribution in [1.29, 1.82) is 0 Å². The average molecular weight is 210 g/mol. The van der Waals surface area contributed by atoms with Gasteiger partial charge in [-0.05, 0) is 6.92 Å². The zero-order chi connectivity index (χ0) is 10.0. The highest BCUT2D eigenvalue weighted by Crippen LogP contribution is 2.28. The second-order valence-electron chi connectivity index (χ2n) is 2.37. The first-order valence-electron chi connectivity index (χ1n) is 3.64. The molecule has 0 fully saturated rings. The van der Waals surface area contributed by atoms with E-state index in [1.54, 1.807) is 6.92 Å². The van der Waals surface area contributed by atoms with Gasteiger partial charge in [0, 0.05) is 12.6 Å². The SMILES string of the molecule is CCNc1c(F)cc(F)c(Cl)c1F. The molecule has 0 radical (unpaired) electrons. The quantitative estimate of drug-likeness (QED) is 0.583. The van der Waals surface area contributed by atoms with Crippen molar-refractivity contribution in [3.63, 3.8) is 0 Å². The van der Waals surface area contributed by atoms with E-state index in [1.807, 2.05) is 0 Å². The molecule has 1 aromatic carbocycles. The number of hydrogen-bond acceptors (Lipinski definition) is 1. The molecule has 0 unspecified atom stereocenters. The van der Waals surface area contributed by atoms with Gasteiger partial charge in [-0.1, -0.05) is 11.6 Å². The number of halogens is 4. The summed E-state index contributed by atoms with van der Waals surface area (Å²) in [4.78, 5) is 0. The maximum atomic E-state index is 13.0. The molecule has 5 heteroatoms. The highest BCUT2D eigenvalue weighted by atomic mass is 35.5. The van der Waals surface area contributed by atoms with Gasteiger partial charge >= 0.3 is 0 Å². The van der Waals surface area contributed by atoms with Crippen LogP contribution in [0.1, 0.15) is 6.92 Å². The number of hydrogen-bond donors (Lipinski definition) is 1. The van der Waals surface area contributed by atoms with Crippen LogP contribution in [0.2, 0.25) is 5.02 Å². The van der Waals surface area contributed by atoms with Crippen molar-refractivity contribution >= 4 is 17.3 Å². The Morgan fingerprint density at radius 3 is 2.46 bits per heavy atom. The lowest BCUT2D eigenvalue weighted by molar-refractivity contribution is 0.548. The van der Waals surface area contributed by atoms with Crippen LogP contribution in [-0.4, -0.2) is 6.54 Å². The third-order valence-electron chi connectivity index (χ3n) is 1.47. The van der Waals surface area contributed by atoms with Crippen LogP contribution in [0, 0.1) is 17.5 Å². The molecule has 1 N–H and O–H groups in total. The molecular formula is C8H7ClF3N. The predicted octanol–water partition coefficient (Wildman–Crippen LogP) is 3.19. The monoisotopic (exact) mass is 209 g/mol. The minimum atomic E-state index is -1.10. The minimum Gasteiger partial charge on any atom is -0.381 e. The molecule has 1 nitrogen and oxygen atoms in total. The summed E-state index contributed by atoms with van der Waals surface area (Å²) in [5.74, 6) is -3.18. The van der Waals surface area contributed by atoms with Gasteiger partial charge in [-0.3, -0.25) is 0 Å². The van der Waals surface area contributed by atoms with Crippen LogP contribution in [0.15, 0.2) is 6.07 Å². The summed E-state index contributed by atoms with van der Waals surface area (Å²) >= 11 is 5.23. The van der Waals surface area contributed by atoms with E-state index in [9.17, 15) is 13.2 Å². The van der Waals surface area contributed by atoms with Gasteiger partial charge in [0.05, 0.1) is 0 Å². The zero-order valence-electron chi connectivity index (χ0n) is 6.80. The molecule has 0 atom stereocenters. The van der Waals surface area contributed by atoms with Gasteiger partial charge in [0.25, 0.3) is 0 Å². The van der Waals surface area contributed by atoms with Crippen molar-refractivity contribution in [2.24, 2.45) is 0 Å². The Morgan fingerprint density at radius 2 is 1.92 bits per heavy atom. The fourth-order valence-corrected chi connectivity index (χ4v) is 1.05. The van der Waals surface area contributed by atoms with Crippen molar-refractivity contribution in [2.75, 3.05) is 11.9 Å². The summed E-state index contributed by atoms with van der Waals surface area (Å²) in [7, 11) is 0. The topological polar surface area (TPSA) is 12.0 Å². The number of nitrogens with one attached hydrogen (secondary N) is 1. The van der Waals surface area contributed by atoms with Crippen LogP contribution in [0.3, 0.4) is 0 Å². The van der Waals surface area contributed by atoms with Crippen LogP contribution in [0.4, 0.5) is 18.9 Å². The van der Waals surface area contributed by atoms with Crippen molar-refractivity contribution in [3.05, 3.63) is 28.5 Å². The molecule has 13 heavy (non-hydrogen) atoms. The third kappa shape index (κ3) is 1.88. The van der Waals surface area contributed by atoms with Crippen LogP contribution in [-0.2, 0) is 0 Å². The van der Waals surface area contributed by atoms with E-state index in [2.05, 4.69) is 5.32 Å². The van der Waals surface area contributed by atoms with E-state index in [1.165, 1.54) is 0 Å². The molecule has 0 amide bonds. The summed E-state index contributed by atoms with van der Waals surface area (Å²) in [6.45, 7) is 1.99. The summed E-state index contributed by atoms with van der Waals surface area (Å²) in [5, 5.41) is 1.71. The fraction of sp³-hybridized carbons (Fsp3) is 0.250. The Labute approximate surface area is 78.5 Å². The molecular weight excluding hydrogens is 203 g/mol. The van der Waals surface area contributed by atoms with Crippen LogP contribution >= 0.6 is 11.6 Å². The van der Waals surface area contributed by atoms with E-state index < -0.39 is 28.2 Å². The maximum absolute atomic E-state index is 13.0. The molecule has 1 rings (SSSR count). The Hall–Kier alpha value is -0.900. The fourth-order valence-electron chi connectivity index (χ4n) is 0.905. The number of rotatable bonds is 2.